The van der Waals surface area contributed by atoms with Gasteiger partial charge in [-0.25, -0.2) is 0 Å². The molecule has 6 heteroatoms. The molecule has 0 fully saturated rings. The number of carboxylic acid groups (broad SMARTS) is 1. The van der Waals surface area contributed by atoms with Gasteiger partial charge in [-0.05, 0) is 24.7 Å². The molecule has 1 aromatic rings. The Labute approximate surface area is 117 Å². The van der Waals surface area contributed by atoms with Crippen molar-refractivity contribution in [3.63, 3.8) is 0 Å². The number of nitrogens with zero attached hydrogens (tertiary/aromatic N) is 1. The predicted octanol–water partition coefficient (Wildman–Crippen LogP) is 2.40. The van der Waals surface area contributed by atoms with E-state index < -0.39 is 5.97 Å². The summed E-state index contributed by atoms with van der Waals surface area (Å²) in [7, 11) is 0. The van der Waals surface area contributed by atoms with Crippen molar-refractivity contribution in [3.05, 3.63) is 16.6 Å². The van der Waals surface area contributed by atoms with E-state index in [-0.39, 0.29) is 12.3 Å². The molecule has 1 amide bonds. The minimum absolute atomic E-state index is 0.108. The van der Waals surface area contributed by atoms with Crippen LogP contribution in [0.5, 0.6) is 0 Å². The van der Waals surface area contributed by atoms with Crippen LogP contribution in [0, 0.1) is 11.8 Å². The summed E-state index contributed by atoms with van der Waals surface area (Å²) in [6, 6.07) is 0. The van der Waals surface area contributed by atoms with E-state index in [9.17, 15) is 9.59 Å². The molecule has 2 N–H and O–H groups in total. The standard InChI is InChI=1S/C13H20N2O3S/c1-9(2)10(3-4-12(16)17)5-6-15-13(18)11-7-14-8-19-11/h7-10H,3-6H2,1-2H3,(H,15,18)(H,16,17). The number of aliphatic carboxylic acids is 1. The molecule has 0 radical (unpaired) electrons. The number of rotatable bonds is 8. The van der Waals surface area contributed by atoms with Crippen molar-refractivity contribution >= 4 is 23.2 Å². The Hall–Kier alpha value is -1.43. The maximum absolute atomic E-state index is 11.7. The Kier molecular flexibility index (Phi) is 6.49. The second-order valence-electron chi connectivity index (χ2n) is 4.85. The van der Waals surface area contributed by atoms with Gasteiger partial charge in [-0.2, -0.15) is 0 Å². The smallest absolute Gasteiger partial charge is 0.303 e. The van der Waals surface area contributed by atoms with Crippen molar-refractivity contribution in [2.24, 2.45) is 11.8 Å². The number of carboxylic acids is 1. The van der Waals surface area contributed by atoms with E-state index in [0.717, 1.165) is 6.42 Å². The van der Waals surface area contributed by atoms with Crippen molar-refractivity contribution in [2.45, 2.75) is 33.1 Å². The minimum Gasteiger partial charge on any atom is -0.481 e. The first-order valence-electron chi connectivity index (χ1n) is 6.39. The summed E-state index contributed by atoms with van der Waals surface area (Å²) in [6.45, 7) is 4.73. The van der Waals surface area contributed by atoms with Crippen molar-refractivity contribution < 1.29 is 14.7 Å². The third-order valence-corrected chi connectivity index (χ3v) is 3.90. The normalized spacial score (nSPS) is 12.4. The van der Waals surface area contributed by atoms with E-state index in [1.807, 2.05) is 0 Å². The van der Waals surface area contributed by atoms with Gasteiger partial charge in [0.2, 0.25) is 0 Å². The van der Waals surface area contributed by atoms with Crippen LogP contribution in [0.2, 0.25) is 0 Å². The molecule has 0 aliphatic carbocycles. The lowest BCUT2D eigenvalue weighted by Gasteiger charge is -2.20. The summed E-state index contributed by atoms with van der Waals surface area (Å²) < 4.78 is 0. The fraction of sp³-hybridized carbons (Fsp3) is 0.615. The van der Waals surface area contributed by atoms with Crippen LogP contribution in [-0.2, 0) is 4.79 Å². The van der Waals surface area contributed by atoms with Crippen LogP contribution in [0.3, 0.4) is 0 Å². The molecule has 5 nitrogen and oxygen atoms in total. The van der Waals surface area contributed by atoms with Gasteiger partial charge >= 0.3 is 5.97 Å². The molecule has 1 rings (SSSR count). The average molecular weight is 284 g/mol. The summed E-state index contributed by atoms with van der Waals surface area (Å²) in [5, 5.41) is 11.5. The van der Waals surface area contributed by atoms with Crippen LogP contribution >= 0.6 is 11.3 Å². The quantitative estimate of drug-likeness (QED) is 0.768. The number of hydrogen-bond acceptors (Lipinski definition) is 4. The lowest BCUT2D eigenvalue weighted by atomic mass is 9.88. The molecule has 1 aromatic heterocycles. The molecule has 19 heavy (non-hydrogen) atoms. The zero-order valence-electron chi connectivity index (χ0n) is 11.3. The fourth-order valence-corrected chi connectivity index (χ4v) is 2.44. The van der Waals surface area contributed by atoms with E-state index in [1.54, 1.807) is 11.7 Å². The number of hydrogen-bond donors (Lipinski definition) is 2. The van der Waals surface area contributed by atoms with Crippen LogP contribution in [0.1, 0.15) is 42.8 Å². The van der Waals surface area contributed by atoms with Crippen molar-refractivity contribution in [2.75, 3.05) is 6.54 Å². The molecule has 1 unspecified atom stereocenters. The van der Waals surface area contributed by atoms with Gasteiger partial charge in [-0.15, -0.1) is 11.3 Å². The highest BCUT2D eigenvalue weighted by Gasteiger charge is 2.15. The Morgan fingerprint density at radius 2 is 2.16 bits per heavy atom. The molecule has 1 atom stereocenters. The van der Waals surface area contributed by atoms with E-state index in [1.165, 1.54) is 11.3 Å². The highest BCUT2D eigenvalue weighted by molar-refractivity contribution is 7.11. The highest BCUT2D eigenvalue weighted by atomic mass is 32.1. The zero-order chi connectivity index (χ0) is 14.3. The Morgan fingerprint density at radius 3 is 2.68 bits per heavy atom. The van der Waals surface area contributed by atoms with E-state index in [4.69, 9.17) is 5.11 Å². The molecule has 0 bridgehead atoms. The van der Waals surface area contributed by atoms with Crippen molar-refractivity contribution in [1.29, 1.82) is 0 Å². The van der Waals surface area contributed by atoms with Crippen LogP contribution in [0.25, 0.3) is 0 Å². The van der Waals surface area contributed by atoms with Gasteiger partial charge in [0.25, 0.3) is 5.91 Å². The SMILES string of the molecule is CC(C)C(CCNC(=O)c1cncs1)CCC(=O)O. The van der Waals surface area contributed by atoms with E-state index >= 15 is 0 Å². The minimum atomic E-state index is -0.764. The van der Waals surface area contributed by atoms with Gasteiger partial charge in [0.15, 0.2) is 0 Å². The summed E-state index contributed by atoms with van der Waals surface area (Å²) in [5.74, 6) is -0.139. The molecular formula is C13H20N2O3S. The highest BCUT2D eigenvalue weighted by Crippen LogP contribution is 2.20. The van der Waals surface area contributed by atoms with Gasteiger partial charge < -0.3 is 10.4 Å². The van der Waals surface area contributed by atoms with E-state index in [2.05, 4.69) is 24.1 Å². The molecular weight excluding hydrogens is 264 g/mol. The molecule has 106 valence electrons. The maximum Gasteiger partial charge on any atom is 0.303 e. The van der Waals surface area contributed by atoms with Crippen LogP contribution in [0.15, 0.2) is 11.7 Å². The molecule has 1 heterocycles. The predicted molar refractivity (Wildman–Crippen MR) is 74.3 cm³/mol. The third kappa shape index (κ3) is 5.83. The number of carbonyl (C=O) groups excluding carboxylic acids is 1. The van der Waals surface area contributed by atoms with Gasteiger partial charge in [0.05, 0.1) is 11.7 Å². The van der Waals surface area contributed by atoms with Gasteiger partial charge in [0.1, 0.15) is 4.88 Å². The van der Waals surface area contributed by atoms with Crippen LogP contribution in [-0.4, -0.2) is 28.5 Å². The lowest BCUT2D eigenvalue weighted by molar-refractivity contribution is -0.137. The Morgan fingerprint density at radius 1 is 1.42 bits per heavy atom. The maximum atomic E-state index is 11.7. The molecule has 0 saturated carbocycles. The van der Waals surface area contributed by atoms with Crippen LogP contribution in [0.4, 0.5) is 0 Å². The first-order chi connectivity index (χ1) is 9.00. The fourth-order valence-electron chi connectivity index (χ4n) is 1.91. The third-order valence-electron chi connectivity index (χ3n) is 3.13. The topological polar surface area (TPSA) is 79.3 Å². The Balaban J connectivity index is 2.32. The van der Waals surface area contributed by atoms with Gasteiger partial charge in [-0.3, -0.25) is 14.6 Å². The molecule has 0 aliphatic heterocycles. The Bertz CT molecular complexity index is 404. The van der Waals surface area contributed by atoms with Crippen molar-refractivity contribution in [3.8, 4) is 0 Å². The van der Waals surface area contributed by atoms with Gasteiger partial charge in [0, 0.05) is 13.0 Å². The first-order valence-corrected chi connectivity index (χ1v) is 7.27. The summed E-state index contributed by atoms with van der Waals surface area (Å²) >= 11 is 1.31. The number of nitrogens with one attached hydrogen (secondary N) is 1. The van der Waals surface area contributed by atoms with Crippen molar-refractivity contribution in [1.82, 2.24) is 10.3 Å². The summed E-state index contributed by atoms with van der Waals surface area (Å²) in [4.78, 5) is 26.7. The lowest BCUT2D eigenvalue weighted by Crippen LogP contribution is -2.26. The number of thiazole rings is 1. The molecule has 0 aliphatic rings. The first kappa shape index (κ1) is 15.6. The molecule has 0 spiro atoms. The molecule has 0 aromatic carbocycles. The second-order valence-corrected chi connectivity index (χ2v) is 5.73. The summed E-state index contributed by atoms with van der Waals surface area (Å²) in [5.41, 5.74) is 1.62. The number of amides is 1. The molecule has 0 saturated heterocycles. The number of carbonyl (C=O) groups is 2. The van der Waals surface area contributed by atoms with Gasteiger partial charge in [-0.1, -0.05) is 13.8 Å². The zero-order valence-corrected chi connectivity index (χ0v) is 12.1. The number of aromatic nitrogens is 1. The van der Waals surface area contributed by atoms with Crippen LogP contribution < -0.4 is 5.32 Å². The average Bonchev–Trinajstić information content (AvgIpc) is 2.86. The van der Waals surface area contributed by atoms with E-state index in [0.29, 0.717) is 29.7 Å². The monoisotopic (exact) mass is 284 g/mol. The summed E-state index contributed by atoms with van der Waals surface area (Å²) in [6.07, 6.45) is 3.19. The largest absolute Gasteiger partial charge is 0.481 e. The second kappa shape index (κ2) is 7.89.